The van der Waals surface area contributed by atoms with Gasteiger partial charge in [-0.3, -0.25) is 4.79 Å². The quantitative estimate of drug-likeness (QED) is 0.264. The number of halogens is 4. The van der Waals surface area contributed by atoms with Gasteiger partial charge in [0.05, 0.1) is 16.1 Å². The predicted molar refractivity (Wildman–Crippen MR) is 128 cm³/mol. The summed E-state index contributed by atoms with van der Waals surface area (Å²) in [6, 6.07) is 10.7. The average Bonchev–Trinajstić information content (AvgIpc) is 3.53. The Morgan fingerprint density at radius 3 is 2.36 bits per heavy atom. The third-order valence-corrected chi connectivity index (χ3v) is 7.03. The summed E-state index contributed by atoms with van der Waals surface area (Å²) in [4.78, 5) is 24.4. The number of carboxylic acid groups (broad SMARTS) is 1. The first-order valence-electron chi connectivity index (χ1n) is 11.4. The van der Waals surface area contributed by atoms with Gasteiger partial charge in [0.15, 0.2) is 12.0 Å². The van der Waals surface area contributed by atoms with Gasteiger partial charge < -0.3 is 10.3 Å². The normalized spacial score (nSPS) is 17.7. The van der Waals surface area contributed by atoms with Gasteiger partial charge in [0.25, 0.3) is 6.43 Å². The number of ketones is 1. The Morgan fingerprint density at radius 1 is 1.14 bits per heavy atom. The van der Waals surface area contributed by atoms with Crippen LogP contribution in [-0.2, 0) is 11.2 Å². The molecule has 1 heterocycles. The number of carbonyl (C=O) groups excluding carboxylic acids is 1. The summed E-state index contributed by atoms with van der Waals surface area (Å²) in [5.41, 5.74) is -0.264. The highest BCUT2D eigenvalue weighted by Crippen LogP contribution is 2.45. The van der Waals surface area contributed by atoms with E-state index in [-0.39, 0.29) is 40.0 Å². The molecule has 5 nitrogen and oxygen atoms in total. The first kappa shape index (κ1) is 25.7. The second-order valence-electron chi connectivity index (χ2n) is 9.20. The molecule has 0 aliphatic heterocycles. The zero-order chi connectivity index (χ0) is 26.1. The Morgan fingerprint density at radius 2 is 1.81 bits per heavy atom. The van der Waals surface area contributed by atoms with E-state index < -0.39 is 35.3 Å². The van der Waals surface area contributed by atoms with Gasteiger partial charge in [0.2, 0.25) is 5.69 Å². The van der Waals surface area contributed by atoms with E-state index >= 15 is 0 Å². The Kier molecular flexibility index (Phi) is 7.36. The molecule has 3 atom stereocenters. The van der Waals surface area contributed by atoms with Gasteiger partial charge in [-0.2, -0.15) is 4.73 Å². The van der Waals surface area contributed by atoms with Crippen molar-refractivity contribution in [3.05, 3.63) is 93.2 Å². The molecular weight excluding hydrogens is 495 g/mol. The molecule has 1 saturated carbocycles. The predicted octanol–water partition coefficient (Wildman–Crippen LogP) is 6.36. The number of aromatic carboxylic acids is 1. The molecule has 36 heavy (non-hydrogen) atoms. The molecule has 0 bridgehead atoms. The largest absolute Gasteiger partial charge is 0.618 e. The monoisotopic (exact) mass is 517 g/mol. The van der Waals surface area contributed by atoms with Crippen LogP contribution in [0.2, 0.25) is 5.02 Å². The third kappa shape index (κ3) is 5.38. The summed E-state index contributed by atoms with van der Waals surface area (Å²) in [5.74, 6) is -2.42. The van der Waals surface area contributed by atoms with Crippen molar-refractivity contribution in [2.45, 2.75) is 38.5 Å². The van der Waals surface area contributed by atoms with Gasteiger partial charge >= 0.3 is 5.97 Å². The van der Waals surface area contributed by atoms with Crippen molar-refractivity contribution >= 4 is 23.4 Å². The number of pyridine rings is 1. The molecule has 0 saturated heterocycles. The van der Waals surface area contributed by atoms with Crippen molar-refractivity contribution in [2.24, 2.45) is 11.8 Å². The Bertz CT molecular complexity index is 1310. The van der Waals surface area contributed by atoms with Gasteiger partial charge in [-0.05, 0) is 54.5 Å². The van der Waals surface area contributed by atoms with Crippen LogP contribution in [0.15, 0.2) is 54.7 Å². The number of carboxylic acids is 1. The van der Waals surface area contributed by atoms with E-state index in [9.17, 15) is 28.0 Å². The maximum absolute atomic E-state index is 14.7. The highest BCUT2D eigenvalue weighted by Gasteiger charge is 2.39. The molecule has 0 spiro atoms. The molecule has 9 heteroatoms. The molecule has 4 rings (SSSR count). The van der Waals surface area contributed by atoms with Crippen LogP contribution in [0, 0.1) is 22.9 Å². The first-order chi connectivity index (χ1) is 17.1. The maximum atomic E-state index is 14.7. The molecule has 1 aliphatic rings. The molecule has 2 aromatic carbocycles. The first-order valence-corrected chi connectivity index (χ1v) is 11.8. The number of hydrogen-bond acceptors (Lipinski definition) is 3. The van der Waals surface area contributed by atoms with Crippen molar-refractivity contribution < 1.29 is 32.6 Å². The van der Waals surface area contributed by atoms with Crippen molar-refractivity contribution in [3.8, 4) is 11.1 Å². The van der Waals surface area contributed by atoms with Gasteiger partial charge in [-0.15, -0.1) is 0 Å². The second-order valence-corrected chi connectivity index (χ2v) is 9.61. The fourth-order valence-corrected chi connectivity index (χ4v) is 4.65. The molecule has 0 radical (unpaired) electrons. The molecule has 0 amide bonds. The zero-order valence-corrected chi connectivity index (χ0v) is 20.0. The number of alkyl halides is 2. The zero-order valence-electron chi connectivity index (χ0n) is 19.3. The summed E-state index contributed by atoms with van der Waals surface area (Å²) in [5, 5.41) is 21.8. The molecule has 1 aliphatic carbocycles. The van der Waals surface area contributed by atoms with Crippen molar-refractivity contribution in [2.75, 3.05) is 0 Å². The Balaban J connectivity index is 1.67. The fourth-order valence-electron chi connectivity index (χ4n) is 4.49. The summed E-state index contributed by atoms with van der Waals surface area (Å²) >= 11 is 5.80. The summed E-state index contributed by atoms with van der Waals surface area (Å²) in [7, 11) is 0. The van der Waals surface area contributed by atoms with Gasteiger partial charge in [-0.1, -0.05) is 36.7 Å². The smallest absolute Gasteiger partial charge is 0.335 e. The number of rotatable bonds is 9. The van der Waals surface area contributed by atoms with E-state index in [2.05, 4.69) is 6.92 Å². The lowest BCUT2D eigenvalue weighted by molar-refractivity contribution is -0.614. The minimum absolute atomic E-state index is 0.00807. The van der Waals surface area contributed by atoms with Crippen LogP contribution in [0.25, 0.3) is 11.1 Å². The van der Waals surface area contributed by atoms with Gasteiger partial charge in [0, 0.05) is 23.6 Å². The lowest BCUT2D eigenvalue weighted by Gasteiger charge is -2.17. The van der Waals surface area contributed by atoms with E-state index in [0.717, 1.165) is 24.8 Å². The number of carbonyl (C=O) groups is 2. The van der Waals surface area contributed by atoms with Crippen molar-refractivity contribution in [3.63, 3.8) is 0 Å². The van der Waals surface area contributed by atoms with Crippen molar-refractivity contribution in [1.29, 1.82) is 0 Å². The summed E-state index contributed by atoms with van der Waals surface area (Å²) < 4.78 is 42.2. The number of Topliss-reactive ketones (excluding diaryl/α,β-unsaturated/α-hetero) is 1. The summed E-state index contributed by atoms with van der Waals surface area (Å²) in [6.45, 7) is 2.05. The second kappa shape index (κ2) is 10.3. The lowest BCUT2D eigenvalue weighted by Crippen LogP contribution is -2.36. The molecule has 3 aromatic rings. The van der Waals surface area contributed by atoms with E-state index in [1.54, 1.807) is 12.1 Å². The van der Waals surface area contributed by atoms with Crippen LogP contribution in [0.3, 0.4) is 0 Å². The average molecular weight is 518 g/mol. The van der Waals surface area contributed by atoms with Gasteiger partial charge in [-0.25, -0.2) is 18.0 Å². The molecule has 2 unspecified atom stereocenters. The minimum Gasteiger partial charge on any atom is -0.618 e. The topological polar surface area (TPSA) is 81.3 Å². The van der Waals surface area contributed by atoms with Crippen LogP contribution >= 0.6 is 11.6 Å². The van der Waals surface area contributed by atoms with E-state index in [1.807, 2.05) is 0 Å². The number of benzene rings is 2. The standard InChI is InChI=1S/C27H23ClF3NO4/c1-14-10-18(14)12-20(23(33)11-15-2-4-16(5-3-15)27(34)35)22-9-6-17(13-32(22)36)24-19(26(30)31)7-8-21(28)25(24)29/h2-9,13-14,18,20,26H,10-12H2,1H3,(H,34,35)/t14?,18?,20-/m0/s1. The highest BCUT2D eigenvalue weighted by molar-refractivity contribution is 6.31. The van der Waals surface area contributed by atoms with Crippen LogP contribution in [-0.4, -0.2) is 16.9 Å². The third-order valence-electron chi connectivity index (χ3n) is 6.73. The molecule has 1 N–H and O–H groups in total. The molecule has 188 valence electrons. The highest BCUT2D eigenvalue weighted by atomic mass is 35.5. The fraction of sp³-hybridized carbons (Fsp3) is 0.296. The van der Waals surface area contributed by atoms with Crippen LogP contribution in [0.1, 0.15) is 59.3 Å². The van der Waals surface area contributed by atoms with E-state index in [0.29, 0.717) is 22.6 Å². The molecule has 1 fully saturated rings. The number of nitrogens with zero attached hydrogens (tertiary/aromatic N) is 1. The SMILES string of the molecule is CC1CC1C[C@H](C(=O)Cc1ccc(C(=O)O)cc1)c1ccc(-c2c(C(F)F)ccc(Cl)c2F)c[n+]1[O-]. The molecular formula is C27H23ClF3NO4. The number of hydrogen-bond donors (Lipinski definition) is 1. The maximum Gasteiger partial charge on any atom is 0.335 e. The molecule has 1 aromatic heterocycles. The number of aromatic nitrogens is 1. The van der Waals surface area contributed by atoms with Crippen LogP contribution in [0.5, 0.6) is 0 Å². The van der Waals surface area contributed by atoms with E-state index in [4.69, 9.17) is 16.7 Å². The Hall–Kier alpha value is -3.39. The minimum atomic E-state index is -2.98. The van der Waals surface area contributed by atoms with Gasteiger partial charge in [0.1, 0.15) is 11.7 Å². The van der Waals surface area contributed by atoms with Crippen LogP contribution in [0.4, 0.5) is 13.2 Å². The van der Waals surface area contributed by atoms with E-state index in [1.165, 1.54) is 24.3 Å². The lowest BCUT2D eigenvalue weighted by atomic mass is 9.88. The van der Waals surface area contributed by atoms with Crippen LogP contribution < -0.4 is 4.73 Å². The Labute approximate surface area is 210 Å². The van der Waals surface area contributed by atoms with Crippen molar-refractivity contribution in [1.82, 2.24) is 0 Å². The summed E-state index contributed by atoms with van der Waals surface area (Å²) in [6.07, 6.45) is -0.618.